The van der Waals surface area contributed by atoms with Gasteiger partial charge in [0.1, 0.15) is 0 Å². The molecule has 0 amide bonds. The van der Waals surface area contributed by atoms with Gasteiger partial charge in [0.05, 0.1) is 17.6 Å². The monoisotopic (exact) mass is 306 g/mol. The Labute approximate surface area is 134 Å². The Morgan fingerprint density at radius 1 is 1.04 bits per heavy atom. The van der Waals surface area contributed by atoms with Crippen molar-refractivity contribution in [1.29, 1.82) is 0 Å². The first kappa shape index (κ1) is 14.8. The average molecular weight is 306 g/mol. The molecule has 6 heteroatoms. The Bertz CT molecular complexity index is 742. The molecule has 0 atom stereocenters. The summed E-state index contributed by atoms with van der Waals surface area (Å²) in [5.74, 6) is -0.0577. The van der Waals surface area contributed by atoms with Crippen LogP contribution in [-0.4, -0.2) is 24.4 Å². The molecule has 6 nitrogen and oxygen atoms in total. The Morgan fingerprint density at radius 3 is 2.48 bits per heavy atom. The largest absolute Gasteiger partial charge is 0.369 e. The van der Waals surface area contributed by atoms with Gasteiger partial charge in [-0.05, 0) is 23.3 Å². The molecule has 0 saturated heterocycles. The molecule has 4 N–H and O–H groups in total. The van der Waals surface area contributed by atoms with Gasteiger partial charge in [-0.25, -0.2) is 0 Å². The predicted molar refractivity (Wildman–Crippen MR) is 94.8 cm³/mol. The van der Waals surface area contributed by atoms with E-state index in [1.165, 1.54) is 5.56 Å². The molecule has 0 fully saturated rings. The van der Waals surface area contributed by atoms with Crippen LogP contribution >= 0.6 is 0 Å². The Morgan fingerprint density at radius 2 is 1.78 bits per heavy atom. The summed E-state index contributed by atoms with van der Waals surface area (Å²) in [4.78, 5) is 0. The molecule has 0 aliphatic carbocycles. The molecule has 1 heterocycles. The van der Waals surface area contributed by atoms with Gasteiger partial charge in [0.25, 0.3) is 0 Å². The van der Waals surface area contributed by atoms with Crippen LogP contribution in [0.25, 0.3) is 0 Å². The van der Waals surface area contributed by atoms with Crippen molar-refractivity contribution in [2.75, 3.05) is 11.6 Å². The van der Waals surface area contributed by atoms with Gasteiger partial charge in [0, 0.05) is 13.0 Å². The van der Waals surface area contributed by atoms with Crippen LogP contribution in [0.15, 0.2) is 69.9 Å². The van der Waals surface area contributed by atoms with Crippen LogP contribution < -0.4 is 16.5 Å². The first-order valence-electron chi connectivity index (χ1n) is 7.35. The van der Waals surface area contributed by atoms with E-state index in [0.29, 0.717) is 0 Å². The second kappa shape index (κ2) is 6.74. The zero-order chi connectivity index (χ0) is 16.1. The van der Waals surface area contributed by atoms with Gasteiger partial charge in [-0.2, -0.15) is 10.2 Å². The van der Waals surface area contributed by atoms with Gasteiger partial charge in [-0.1, -0.05) is 42.5 Å². The summed E-state index contributed by atoms with van der Waals surface area (Å²) in [5.41, 5.74) is 14.7. The molecule has 1 aliphatic heterocycles. The predicted octanol–water partition coefficient (Wildman–Crippen LogP) is 1.91. The third-order valence-corrected chi connectivity index (χ3v) is 3.48. The van der Waals surface area contributed by atoms with Gasteiger partial charge >= 0.3 is 0 Å². The van der Waals surface area contributed by atoms with E-state index in [0.717, 1.165) is 29.9 Å². The minimum atomic E-state index is -0.0577. The number of hydrogen-bond donors (Lipinski definition) is 2. The molecule has 0 saturated carbocycles. The van der Waals surface area contributed by atoms with Crippen LogP contribution in [-0.2, 0) is 0 Å². The number of nitrogens with zero attached hydrogens (tertiary/aromatic N) is 4. The lowest BCUT2D eigenvalue weighted by Gasteiger charge is -2.13. The number of rotatable bonds is 4. The smallest absolute Gasteiger partial charge is 0.211 e. The second-order valence-corrected chi connectivity index (χ2v) is 5.15. The standard InChI is InChI=1S/C17H18N6/c18-17(19)21-20-12-13-6-8-15(9-7-13)23-11-10-16(22-23)14-4-2-1-3-5-14/h1-9,12H,10-11H2,(H4,18,19,21). The number of hydrazone groups is 1. The zero-order valence-corrected chi connectivity index (χ0v) is 12.6. The lowest BCUT2D eigenvalue weighted by atomic mass is 10.1. The molecule has 3 rings (SSSR count). The second-order valence-electron chi connectivity index (χ2n) is 5.15. The molecule has 23 heavy (non-hydrogen) atoms. The third-order valence-electron chi connectivity index (χ3n) is 3.48. The van der Waals surface area contributed by atoms with Crippen molar-refractivity contribution in [2.45, 2.75) is 6.42 Å². The molecular formula is C17H18N6. The molecule has 0 radical (unpaired) electrons. The first-order valence-corrected chi connectivity index (χ1v) is 7.35. The van der Waals surface area contributed by atoms with Crippen molar-refractivity contribution < 1.29 is 0 Å². The van der Waals surface area contributed by atoms with Gasteiger partial charge in [0.2, 0.25) is 5.96 Å². The Kier molecular flexibility index (Phi) is 4.33. The third kappa shape index (κ3) is 3.74. The van der Waals surface area contributed by atoms with E-state index in [-0.39, 0.29) is 5.96 Å². The first-order chi connectivity index (χ1) is 11.2. The summed E-state index contributed by atoms with van der Waals surface area (Å²) < 4.78 is 0. The normalized spacial score (nSPS) is 14.1. The number of benzene rings is 2. The molecule has 0 bridgehead atoms. The van der Waals surface area contributed by atoms with E-state index in [2.05, 4.69) is 22.3 Å². The molecule has 2 aromatic rings. The van der Waals surface area contributed by atoms with Crippen molar-refractivity contribution in [3.05, 3.63) is 65.7 Å². The highest BCUT2D eigenvalue weighted by Crippen LogP contribution is 2.21. The van der Waals surface area contributed by atoms with Crippen molar-refractivity contribution in [2.24, 2.45) is 26.8 Å². The van der Waals surface area contributed by atoms with Crippen LogP contribution in [0.2, 0.25) is 0 Å². The topological polar surface area (TPSA) is 92.4 Å². The summed E-state index contributed by atoms with van der Waals surface area (Å²) >= 11 is 0. The molecular weight excluding hydrogens is 288 g/mol. The van der Waals surface area contributed by atoms with E-state index in [9.17, 15) is 0 Å². The van der Waals surface area contributed by atoms with Gasteiger partial charge < -0.3 is 11.5 Å². The minimum Gasteiger partial charge on any atom is -0.369 e. The van der Waals surface area contributed by atoms with E-state index in [4.69, 9.17) is 16.6 Å². The molecule has 116 valence electrons. The lowest BCUT2D eigenvalue weighted by Crippen LogP contribution is -2.21. The minimum absolute atomic E-state index is 0.0577. The number of hydrogen-bond acceptors (Lipinski definition) is 4. The highest BCUT2D eigenvalue weighted by atomic mass is 15.5. The lowest BCUT2D eigenvalue weighted by molar-refractivity contribution is 0.922. The number of nitrogens with two attached hydrogens (primary N) is 2. The fraction of sp³-hybridized carbons (Fsp3) is 0.118. The highest BCUT2D eigenvalue weighted by Gasteiger charge is 2.16. The van der Waals surface area contributed by atoms with Crippen molar-refractivity contribution in [3.8, 4) is 0 Å². The fourth-order valence-corrected chi connectivity index (χ4v) is 2.37. The maximum Gasteiger partial charge on any atom is 0.211 e. The maximum atomic E-state index is 5.22. The highest BCUT2D eigenvalue weighted by molar-refractivity contribution is 6.02. The number of guanidine groups is 1. The van der Waals surface area contributed by atoms with Crippen molar-refractivity contribution in [1.82, 2.24) is 0 Å². The van der Waals surface area contributed by atoms with Crippen LogP contribution in [0.1, 0.15) is 17.5 Å². The Balaban J connectivity index is 1.72. The van der Waals surface area contributed by atoms with E-state index >= 15 is 0 Å². The molecule has 0 unspecified atom stereocenters. The molecule has 2 aromatic carbocycles. The van der Waals surface area contributed by atoms with E-state index in [1.807, 2.05) is 47.5 Å². The fourth-order valence-electron chi connectivity index (χ4n) is 2.37. The summed E-state index contributed by atoms with van der Waals surface area (Å²) in [6, 6.07) is 18.2. The van der Waals surface area contributed by atoms with Crippen molar-refractivity contribution in [3.63, 3.8) is 0 Å². The summed E-state index contributed by atoms with van der Waals surface area (Å²) in [6.45, 7) is 0.881. The van der Waals surface area contributed by atoms with Crippen molar-refractivity contribution >= 4 is 23.6 Å². The SMILES string of the molecule is NC(N)=NN=Cc1ccc(N2CCC(c3ccccc3)=N2)cc1. The maximum absolute atomic E-state index is 5.22. The average Bonchev–Trinajstić information content (AvgIpc) is 3.06. The van der Waals surface area contributed by atoms with E-state index in [1.54, 1.807) is 6.21 Å². The van der Waals surface area contributed by atoms with Gasteiger partial charge in [-0.3, -0.25) is 5.01 Å². The van der Waals surface area contributed by atoms with Crippen LogP contribution in [0.5, 0.6) is 0 Å². The molecule has 1 aliphatic rings. The quantitative estimate of drug-likeness (QED) is 0.513. The summed E-state index contributed by atoms with van der Waals surface area (Å²) in [6.07, 6.45) is 2.55. The Hall–Kier alpha value is -3.15. The van der Waals surface area contributed by atoms with Gasteiger partial charge in [0.15, 0.2) is 0 Å². The van der Waals surface area contributed by atoms with Crippen LogP contribution in [0.3, 0.4) is 0 Å². The molecule has 0 aromatic heterocycles. The van der Waals surface area contributed by atoms with Crippen LogP contribution in [0.4, 0.5) is 5.69 Å². The van der Waals surface area contributed by atoms with E-state index < -0.39 is 0 Å². The summed E-state index contributed by atoms with van der Waals surface area (Å²) in [5, 5.41) is 14.1. The zero-order valence-electron chi connectivity index (χ0n) is 12.6. The summed E-state index contributed by atoms with van der Waals surface area (Å²) in [7, 11) is 0. The number of anilines is 1. The molecule has 0 spiro atoms. The van der Waals surface area contributed by atoms with Gasteiger partial charge in [-0.15, -0.1) is 5.10 Å². The van der Waals surface area contributed by atoms with Crippen LogP contribution in [0, 0.1) is 0 Å².